The summed E-state index contributed by atoms with van der Waals surface area (Å²) in [5.74, 6) is 0.756. The van der Waals surface area contributed by atoms with E-state index >= 15 is 0 Å². The van der Waals surface area contributed by atoms with Gasteiger partial charge in [0.2, 0.25) is 0 Å². The van der Waals surface area contributed by atoms with Crippen LogP contribution in [0.1, 0.15) is 45.1 Å². The summed E-state index contributed by atoms with van der Waals surface area (Å²) in [6.45, 7) is 4.45. The zero-order chi connectivity index (χ0) is 13.6. The van der Waals surface area contributed by atoms with Crippen LogP contribution in [-0.4, -0.2) is 13.0 Å². The average molecular weight is 292 g/mol. The zero-order valence-corrected chi connectivity index (χ0v) is 14.9. The van der Waals surface area contributed by atoms with E-state index in [0.29, 0.717) is 0 Å². The Kier molecular flexibility index (Phi) is 9.20. The second kappa shape index (κ2) is 9.14. The van der Waals surface area contributed by atoms with Crippen LogP contribution in [0.15, 0.2) is 29.2 Å². The summed E-state index contributed by atoms with van der Waals surface area (Å²) >= 11 is 0. The fraction of sp³-hybridized carbons (Fsp3) is 0.571. The fourth-order valence-corrected chi connectivity index (χ4v) is 2.35. The average Bonchev–Trinajstić information content (AvgIpc) is 2.27. The van der Waals surface area contributed by atoms with Crippen molar-refractivity contribution >= 4 is 10.1 Å². The van der Waals surface area contributed by atoms with Crippen molar-refractivity contribution in [1.82, 2.24) is 0 Å². The van der Waals surface area contributed by atoms with Gasteiger partial charge in [0.15, 0.2) is 0 Å². The number of benzene rings is 1. The molecule has 0 aliphatic rings. The molecule has 0 aliphatic carbocycles. The second-order valence-corrected chi connectivity index (χ2v) is 6.47. The van der Waals surface area contributed by atoms with Gasteiger partial charge in [-0.15, -0.1) is 0 Å². The van der Waals surface area contributed by atoms with Crippen LogP contribution in [0.4, 0.5) is 0 Å². The third-order valence-electron chi connectivity index (χ3n) is 2.96. The third-order valence-corrected chi connectivity index (χ3v) is 3.81. The second-order valence-electron chi connectivity index (χ2n) is 5.09. The smallest absolute Gasteiger partial charge is 0.744 e. The van der Waals surface area contributed by atoms with Gasteiger partial charge in [-0.1, -0.05) is 45.2 Å². The molecule has 0 aliphatic heterocycles. The van der Waals surface area contributed by atoms with Gasteiger partial charge in [0.25, 0.3) is 0 Å². The Labute approximate surface area is 138 Å². The normalized spacial score (nSPS) is 11.4. The number of aryl methyl sites for hydroxylation is 1. The van der Waals surface area contributed by atoms with Crippen molar-refractivity contribution < 1.29 is 42.5 Å². The molecule has 0 heterocycles. The predicted molar refractivity (Wildman–Crippen MR) is 71.4 cm³/mol. The molecular formula is C14H21NaO3S. The number of rotatable bonds is 7. The number of hydrogen-bond donors (Lipinski definition) is 0. The van der Waals surface area contributed by atoms with Gasteiger partial charge in [-0.3, -0.25) is 0 Å². The molecule has 102 valence electrons. The Hall–Kier alpha value is 0.130. The molecule has 0 atom stereocenters. The van der Waals surface area contributed by atoms with Crippen LogP contribution in [-0.2, 0) is 16.5 Å². The van der Waals surface area contributed by atoms with Gasteiger partial charge >= 0.3 is 29.6 Å². The molecule has 0 spiro atoms. The summed E-state index contributed by atoms with van der Waals surface area (Å²) in [4.78, 5) is -0.147. The van der Waals surface area contributed by atoms with Crippen molar-refractivity contribution in [3.05, 3.63) is 29.8 Å². The summed E-state index contributed by atoms with van der Waals surface area (Å²) in [6.07, 6.45) is 5.74. The molecule has 0 unspecified atom stereocenters. The van der Waals surface area contributed by atoms with E-state index in [4.69, 9.17) is 0 Å². The van der Waals surface area contributed by atoms with Crippen molar-refractivity contribution in [2.75, 3.05) is 0 Å². The van der Waals surface area contributed by atoms with E-state index in [1.807, 2.05) is 0 Å². The van der Waals surface area contributed by atoms with Gasteiger partial charge in [-0.25, -0.2) is 8.42 Å². The fourth-order valence-electron chi connectivity index (χ4n) is 1.88. The molecule has 0 aromatic heterocycles. The molecule has 5 heteroatoms. The Bertz CT molecular complexity index is 452. The summed E-state index contributed by atoms with van der Waals surface area (Å²) in [5, 5.41) is 0. The summed E-state index contributed by atoms with van der Waals surface area (Å²) < 4.78 is 32.3. The van der Waals surface area contributed by atoms with Gasteiger partial charge < -0.3 is 4.55 Å². The van der Waals surface area contributed by atoms with Crippen molar-refractivity contribution in [1.29, 1.82) is 0 Å². The Balaban J connectivity index is 0.00000324. The Morgan fingerprint density at radius 1 is 1.05 bits per heavy atom. The minimum atomic E-state index is -4.31. The van der Waals surface area contributed by atoms with Crippen LogP contribution in [0.2, 0.25) is 0 Å². The summed E-state index contributed by atoms with van der Waals surface area (Å²) in [5.41, 5.74) is 1.09. The quantitative estimate of drug-likeness (QED) is 0.414. The van der Waals surface area contributed by atoms with E-state index in [9.17, 15) is 13.0 Å². The van der Waals surface area contributed by atoms with E-state index in [-0.39, 0.29) is 34.5 Å². The summed E-state index contributed by atoms with van der Waals surface area (Å²) in [7, 11) is -4.31. The van der Waals surface area contributed by atoms with Crippen LogP contribution < -0.4 is 29.6 Å². The molecule has 0 N–H and O–H groups in total. The minimum absolute atomic E-state index is 0. The topological polar surface area (TPSA) is 57.2 Å². The molecule has 0 radical (unpaired) electrons. The van der Waals surface area contributed by atoms with Crippen molar-refractivity contribution in [2.45, 2.75) is 50.8 Å². The number of unbranched alkanes of at least 4 members (excludes halogenated alkanes) is 2. The van der Waals surface area contributed by atoms with E-state index < -0.39 is 10.1 Å². The number of hydrogen-bond acceptors (Lipinski definition) is 3. The first-order valence-electron chi connectivity index (χ1n) is 6.44. The van der Waals surface area contributed by atoms with Gasteiger partial charge in [0.1, 0.15) is 10.1 Å². The largest absolute Gasteiger partial charge is 1.00 e. The molecule has 1 aromatic rings. The van der Waals surface area contributed by atoms with Crippen LogP contribution >= 0.6 is 0 Å². The van der Waals surface area contributed by atoms with Crippen LogP contribution in [0.5, 0.6) is 0 Å². The van der Waals surface area contributed by atoms with Crippen LogP contribution in [0.25, 0.3) is 0 Å². The molecule has 0 saturated carbocycles. The maximum Gasteiger partial charge on any atom is 1.00 e. The Morgan fingerprint density at radius 3 is 2.11 bits per heavy atom. The van der Waals surface area contributed by atoms with Crippen molar-refractivity contribution in [3.8, 4) is 0 Å². The van der Waals surface area contributed by atoms with Gasteiger partial charge in [-0.2, -0.15) is 0 Å². The standard InChI is InChI=1S/C14H22O3S.Na/c1-12(2)6-4-3-5-7-13-8-10-14(11-9-13)18(15,16)17;/h8-12H,3-7H2,1-2H3,(H,15,16,17);/q;+1/p-1. The van der Waals surface area contributed by atoms with Gasteiger partial charge in [0, 0.05) is 0 Å². The van der Waals surface area contributed by atoms with E-state index in [1.54, 1.807) is 12.1 Å². The van der Waals surface area contributed by atoms with E-state index in [1.165, 1.54) is 31.4 Å². The predicted octanol–water partition coefficient (Wildman–Crippen LogP) is 0.354. The minimum Gasteiger partial charge on any atom is -0.744 e. The van der Waals surface area contributed by atoms with E-state index in [0.717, 1.165) is 24.3 Å². The first-order valence-corrected chi connectivity index (χ1v) is 7.85. The molecule has 19 heavy (non-hydrogen) atoms. The molecule has 1 rings (SSSR count). The molecule has 0 fully saturated rings. The first kappa shape index (κ1) is 19.1. The van der Waals surface area contributed by atoms with Crippen LogP contribution in [0, 0.1) is 5.92 Å². The molecule has 0 amide bonds. The van der Waals surface area contributed by atoms with Gasteiger partial charge in [-0.05, 0) is 36.5 Å². The maximum absolute atomic E-state index is 10.8. The molecule has 3 nitrogen and oxygen atoms in total. The monoisotopic (exact) mass is 292 g/mol. The molecule has 0 saturated heterocycles. The molecule has 1 aromatic carbocycles. The first-order chi connectivity index (χ1) is 8.39. The van der Waals surface area contributed by atoms with Crippen molar-refractivity contribution in [3.63, 3.8) is 0 Å². The SMILES string of the molecule is CC(C)CCCCCc1ccc(S(=O)(=O)[O-])cc1.[Na+]. The Morgan fingerprint density at radius 2 is 1.63 bits per heavy atom. The zero-order valence-electron chi connectivity index (χ0n) is 12.1. The molecular weight excluding hydrogens is 271 g/mol. The van der Waals surface area contributed by atoms with Crippen LogP contribution in [0.3, 0.4) is 0 Å². The summed E-state index contributed by atoms with van der Waals surface area (Å²) in [6, 6.07) is 6.25. The molecule has 0 bridgehead atoms. The maximum atomic E-state index is 10.8. The van der Waals surface area contributed by atoms with Gasteiger partial charge in [0.05, 0.1) is 4.90 Å². The van der Waals surface area contributed by atoms with E-state index in [2.05, 4.69) is 13.8 Å². The van der Waals surface area contributed by atoms with Crippen molar-refractivity contribution in [2.24, 2.45) is 5.92 Å². The third kappa shape index (κ3) is 8.10.